The van der Waals surface area contributed by atoms with Crippen LogP contribution in [-0.2, 0) is 24.0 Å². The van der Waals surface area contributed by atoms with Gasteiger partial charge in [0.25, 0.3) is 0 Å². The number of carbonyl (C=O) groups is 1. The minimum absolute atomic E-state index is 0.463. The molecule has 0 saturated carbocycles. The van der Waals surface area contributed by atoms with Gasteiger partial charge in [0, 0.05) is 6.42 Å². The third-order valence-electron chi connectivity index (χ3n) is 4.43. The minimum atomic E-state index is -0.612. The Balaban J connectivity index is 1.73. The number of alkyl carbamates (subject to hydrolysis) is 1. The van der Waals surface area contributed by atoms with Gasteiger partial charge in [0.2, 0.25) is 0 Å². The van der Waals surface area contributed by atoms with Gasteiger partial charge in [-0.3, -0.25) is 0 Å². The molecule has 134 valence electrons. The predicted octanol–water partition coefficient (Wildman–Crippen LogP) is 4.41. The lowest BCUT2D eigenvalue weighted by molar-refractivity contribution is 0.0516. The van der Waals surface area contributed by atoms with E-state index < -0.39 is 17.7 Å². The fourth-order valence-corrected chi connectivity index (χ4v) is 3.33. The van der Waals surface area contributed by atoms with Gasteiger partial charge in [0.1, 0.15) is 11.6 Å². The first-order valence-corrected chi connectivity index (χ1v) is 8.95. The lowest BCUT2D eigenvalue weighted by Crippen LogP contribution is -2.39. The van der Waals surface area contributed by atoms with Crippen LogP contribution in [0.25, 0.3) is 11.1 Å². The molecule has 0 bridgehead atoms. The van der Waals surface area contributed by atoms with E-state index in [1.807, 2.05) is 6.07 Å². The van der Waals surface area contributed by atoms with Crippen molar-refractivity contribution in [2.75, 3.05) is 0 Å². The van der Waals surface area contributed by atoms with Gasteiger partial charge in [-0.2, -0.15) is 5.26 Å². The Morgan fingerprint density at radius 3 is 2.58 bits per heavy atom. The molecule has 0 unspecified atom stereocenters. The van der Waals surface area contributed by atoms with Crippen molar-refractivity contribution in [3.8, 4) is 17.2 Å². The monoisotopic (exact) mass is 348 g/mol. The average Bonchev–Trinajstić information content (AvgIpc) is 2.59. The normalized spacial score (nSPS) is 13.8. The second kappa shape index (κ2) is 7.21. The molecule has 0 heterocycles. The fraction of sp³-hybridized carbons (Fsp3) is 0.364. The first-order valence-electron chi connectivity index (χ1n) is 8.95. The molecule has 0 spiro atoms. The van der Waals surface area contributed by atoms with Crippen molar-refractivity contribution in [3.05, 3.63) is 59.2 Å². The third kappa shape index (κ3) is 4.23. The highest BCUT2D eigenvalue weighted by atomic mass is 16.6. The molecule has 26 heavy (non-hydrogen) atoms. The zero-order valence-corrected chi connectivity index (χ0v) is 15.5. The van der Waals surface area contributed by atoms with Crippen LogP contribution in [0, 0.1) is 11.3 Å². The van der Waals surface area contributed by atoms with Crippen molar-refractivity contribution in [3.63, 3.8) is 0 Å². The molecular formula is C22H24N2O2. The Morgan fingerprint density at radius 2 is 1.85 bits per heavy atom. The van der Waals surface area contributed by atoms with Gasteiger partial charge >= 0.3 is 6.09 Å². The maximum absolute atomic E-state index is 11.9. The SMILES string of the molecule is CC(C)(C)OC(=O)N[C@H](C#N)Cc1ccc2c(c1)CCc1ccccc1-2. The predicted molar refractivity (Wildman–Crippen MR) is 102 cm³/mol. The number of fused-ring (bicyclic) bond motifs is 3. The summed E-state index contributed by atoms with van der Waals surface area (Å²) in [5, 5.41) is 12.0. The van der Waals surface area contributed by atoms with Gasteiger partial charge in [0.05, 0.1) is 6.07 Å². The van der Waals surface area contributed by atoms with E-state index in [1.165, 1.54) is 22.3 Å². The van der Waals surface area contributed by atoms with Gasteiger partial charge in [-0.25, -0.2) is 4.79 Å². The summed E-state index contributed by atoms with van der Waals surface area (Å²) in [6, 6.07) is 16.4. The van der Waals surface area contributed by atoms with Crippen molar-refractivity contribution >= 4 is 6.09 Å². The molecule has 4 heteroatoms. The number of ether oxygens (including phenoxy) is 1. The number of nitriles is 1. The van der Waals surface area contributed by atoms with Crippen LogP contribution in [0.3, 0.4) is 0 Å². The van der Waals surface area contributed by atoms with E-state index in [0.29, 0.717) is 6.42 Å². The molecule has 2 aromatic rings. The molecule has 1 aliphatic carbocycles. The molecular weight excluding hydrogens is 324 g/mol. The number of rotatable bonds is 3. The van der Waals surface area contributed by atoms with Crippen LogP contribution in [0.5, 0.6) is 0 Å². The van der Waals surface area contributed by atoms with E-state index in [9.17, 15) is 10.1 Å². The van der Waals surface area contributed by atoms with E-state index in [0.717, 1.165) is 18.4 Å². The first kappa shape index (κ1) is 18.0. The molecule has 0 aliphatic heterocycles. The van der Waals surface area contributed by atoms with Gasteiger partial charge in [-0.05, 0) is 61.4 Å². The van der Waals surface area contributed by atoms with Crippen LogP contribution in [0.1, 0.15) is 37.5 Å². The number of nitrogens with one attached hydrogen (secondary N) is 1. The quantitative estimate of drug-likeness (QED) is 0.893. The van der Waals surface area contributed by atoms with Gasteiger partial charge < -0.3 is 10.1 Å². The Bertz CT molecular complexity index is 859. The standard InChI is InChI=1S/C22H24N2O2/c1-22(2,3)26-21(25)24-18(14-23)13-15-8-11-20-17(12-15)10-9-16-6-4-5-7-19(16)20/h4-8,11-12,18H,9-10,13H2,1-3H3,(H,24,25)/t18-/m0/s1. The summed E-state index contributed by atoms with van der Waals surface area (Å²) < 4.78 is 5.24. The van der Waals surface area contributed by atoms with Crippen LogP contribution in [0.2, 0.25) is 0 Å². The van der Waals surface area contributed by atoms with Crippen LogP contribution < -0.4 is 5.32 Å². The summed E-state index contributed by atoms with van der Waals surface area (Å²) in [6.45, 7) is 5.40. The fourth-order valence-electron chi connectivity index (χ4n) is 3.33. The highest BCUT2D eigenvalue weighted by Crippen LogP contribution is 2.33. The van der Waals surface area contributed by atoms with Crippen LogP contribution in [0.4, 0.5) is 4.79 Å². The number of nitrogens with zero attached hydrogens (tertiary/aromatic N) is 1. The lowest BCUT2D eigenvalue weighted by atomic mass is 9.84. The second-order valence-corrected chi connectivity index (χ2v) is 7.68. The topological polar surface area (TPSA) is 62.1 Å². The highest BCUT2D eigenvalue weighted by molar-refractivity contribution is 5.73. The number of carbonyl (C=O) groups excluding carboxylic acids is 1. The van der Waals surface area contributed by atoms with Gasteiger partial charge in [-0.15, -0.1) is 0 Å². The summed E-state index contributed by atoms with van der Waals surface area (Å²) in [4.78, 5) is 11.9. The number of benzene rings is 2. The lowest BCUT2D eigenvalue weighted by Gasteiger charge is -2.22. The molecule has 1 N–H and O–H groups in total. The zero-order valence-electron chi connectivity index (χ0n) is 15.5. The van der Waals surface area contributed by atoms with Crippen LogP contribution in [-0.4, -0.2) is 17.7 Å². The molecule has 1 atom stereocenters. The number of amides is 1. The van der Waals surface area contributed by atoms with E-state index in [-0.39, 0.29) is 0 Å². The maximum Gasteiger partial charge on any atom is 0.408 e. The van der Waals surface area contributed by atoms with Crippen LogP contribution in [0.15, 0.2) is 42.5 Å². The maximum atomic E-state index is 11.9. The van der Waals surface area contributed by atoms with Crippen molar-refractivity contribution in [1.29, 1.82) is 5.26 Å². The summed E-state index contributed by atoms with van der Waals surface area (Å²) in [6.07, 6.45) is 1.93. The van der Waals surface area contributed by atoms with Crippen molar-refractivity contribution < 1.29 is 9.53 Å². The van der Waals surface area contributed by atoms with E-state index in [2.05, 4.69) is 47.8 Å². The second-order valence-electron chi connectivity index (χ2n) is 7.68. The van der Waals surface area contributed by atoms with Crippen molar-refractivity contribution in [1.82, 2.24) is 5.32 Å². The highest BCUT2D eigenvalue weighted by Gasteiger charge is 2.21. The van der Waals surface area contributed by atoms with E-state index in [4.69, 9.17) is 4.74 Å². The van der Waals surface area contributed by atoms with Crippen LogP contribution >= 0.6 is 0 Å². The zero-order chi connectivity index (χ0) is 18.7. The Morgan fingerprint density at radius 1 is 1.15 bits per heavy atom. The molecule has 1 amide bonds. The molecule has 0 fully saturated rings. The van der Waals surface area contributed by atoms with Crippen molar-refractivity contribution in [2.45, 2.75) is 51.7 Å². The Labute approximate surface area is 154 Å². The first-order chi connectivity index (χ1) is 12.4. The van der Waals surface area contributed by atoms with E-state index in [1.54, 1.807) is 20.8 Å². The van der Waals surface area contributed by atoms with Crippen molar-refractivity contribution in [2.24, 2.45) is 0 Å². The Kier molecular flexibility index (Phi) is 4.99. The number of aryl methyl sites for hydroxylation is 2. The van der Waals surface area contributed by atoms with Gasteiger partial charge in [-0.1, -0.05) is 42.5 Å². The Hall–Kier alpha value is -2.80. The van der Waals surface area contributed by atoms with E-state index >= 15 is 0 Å². The molecule has 0 saturated heterocycles. The summed E-state index contributed by atoms with van der Waals surface area (Å²) >= 11 is 0. The average molecular weight is 348 g/mol. The largest absolute Gasteiger partial charge is 0.444 e. The molecule has 1 aliphatic rings. The van der Waals surface area contributed by atoms with Gasteiger partial charge in [0.15, 0.2) is 0 Å². The molecule has 0 aromatic heterocycles. The summed E-state index contributed by atoms with van der Waals surface area (Å²) in [5.41, 5.74) is 5.71. The molecule has 0 radical (unpaired) electrons. The summed E-state index contributed by atoms with van der Waals surface area (Å²) in [7, 11) is 0. The summed E-state index contributed by atoms with van der Waals surface area (Å²) in [5.74, 6) is 0. The smallest absolute Gasteiger partial charge is 0.408 e. The minimum Gasteiger partial charge on any atom is -0.444 e. The molecule has 4 nitrogen and oxygen atoms in total. The molecule has 3 rings (SSSR count). The molecule has 2 aromatic carbocycles. The number of hydrogen-bond acceptors (Lipinski definition) is 3. The number of hydrogen-bond donors (Lipinski definition) is 1. The third-order valence-corrected chi connectivity index (χ3v) is 4.43.